The SMILES string of the molecule is Cc1ccc2nc(C)c(I)n2n1. The van der Waals surface area contributed by atoms with E-state index in [1.54, 1.807) is 0 Å². The Bertz CT molecular complexity index is 433. The average Bonchev–Trinajstić information content (AvgIpc) is 2.31. The number of fused-ring (bicyclic) bond motifs is 1. The van der Waals surface area contributed by atoms with E-state index in [0.29, 0.717) is 0 Å². The summed E-state index contributed by atoms with van der Waals surface area (Å²) in [7, 11) is 0. The second kappa shape index (κ2) is 2.69. The van der Waals surface area contributed by atoms with Gasteiger partial charge in [-0.1, -0.05) is 0 Å². The van der Waals surface area contributed by atoms with E-state index < -0.39 is 0 Å². The zero-order chi connectivity index (χ0) is 8.72. The van der Waals surface area contributed by atoms with Crippen LogP contribution < -0.4 is 0 Å². The Morgan fingerprint density at radius 1 is 1.33 bits per heavy atom. The van der Waals surface area contributed by atoms with Crippen molar-refractivity contribution in [3.63, 3.8) is 0 Å². The number of hydrogen-bond donors (Lipinski definition) is 0. The van der Waals surface area contributed by atoms with Crippen LogP contribution in [0.3, 0.4) is 0 Å². The van der Waals surface area contributed by atoms with Crippen LogP contribution in [0.4, 0.5) is 0 Å². The summed E-state index contributed by atoms with van der Waals surface area (Å²) in [6.45, 7) is 3.97. The first-order valence-corrected chi connectivity index (χ1v) is 4.75. The number of hydrogen-bond acceptors (Lipinski definition) is 2. The van der Waals surface area contributed by atoms with Gasteiger partial charge in [-0.05, 0) is 48.6 Å². The molecule has 3 nitrogen and oxygen atoms in total. The fraction of sp³-hybridized carbons (Fsp3) is 0.250. The van der Waals surface area contributed by atoms with Gasteiger partial charge in [-0.15, -0.1) is 0 Å². The molecule has 12 heavy (non-hydrogen) atoms. The van der Waals surface area contributed by atoms with Gasteiger partial charge in [-0.25, -0.2) is 9.50 Å². The Labute approximate surface area is 83.9 Å². The Morgan fingerprint density at radius 3 is 2.83 bits per heavy atom. The summed E-state index contributed by atoms with van der Waals surface area (Å²) >= 11 is 2.25. The van der Waals surface area contributed by atoms with E-state index in [-0.39, 0.29) is 0 Å². The Balaban J connectivity index is 2.88. The first kappa shape index (κ1) is 7.97. The molecule has 0 saturated carbocycles. The molecule has 0 aliphatic rings. The van der Waals surface area contributed by atoms with E-state index in [0.717, 1.165) is 20.7 Å². The Kier molecular flexibility index (Phi) is 1.79. The maximum atomic E-state index is 4.35. The highest BCUT2D eigenvalue weighted by atomic mass is 127. The smallest absolute Gasteiger partial charge is 0.155 e. The zero-order valence-electron chi connectivity index (χ0n) is 6.87. The summed E-state index contributed by atoms with van der Waals surface area (Å²) in [5.41, 5.74) is 2.97. The predicted molar refractivity (Wildman–Crippen MR) is 55.2 cm³/mol. The first-order valence-electron chi connectivity index (χ1n) is 3.67. The molecule has 62 valence electrons. The molecule has 0 saturated heterocycles. The summed E-state index contributed by atoms with van der Waals surface area (Å²) in [5.74, 6) is 0. The minimum absolute atomic E-state index is 0.919. The van der Waals surface area contributed by atoms with Crippen molar-refractivity contribution >= 4 is 28.2 Å². The molecule has 4 heteroatoms. The number of nitrogens with zero attached hydrogens (tertiary/aromatic N) is 3. The van der Waals surface area contributed by atoms with E-state index in [1.165, 1.54) is 0 Å². The molecule has 0 aromatic carbocycles. The molecule has 0 aliphatic heterocycles. The summed E-state index contributed by atoms with van der Waals surface area (Å²) in [5, 5.41) is 4.34. The maximum Gasteiger partial charge on any atom is 0.155 e. The van der Waals surface area contributed by atoms with Crippen molar-refractivity contribution in [2.75, 3.05) is 0 Å². The van der Waals surface area contributed by atoms with E-state index in [2.05, 4.69) is 32.7 Å². The highest BCUT2D eigenvalue weighted by Crippen LogP contribution is 2.12. The molecule has 0 fully saturated rings. The number of aromatic nitrogens is 3. The monoisotopic (exact) mass is 273 g/mol. The molecule has 0 spiro atoms. The standard InChI is InChI=1S/C8H8IN3/c1-5-3-4-7-10-6(2)8(9)12(7)11-5/h3-4H,1-2H3. The van der Waals surface area contributed by atoms with Crippen molar-refractivity contribution < 1.29 is 0 Å². The number of aryl methyl sites for hydroxylation is 2. The molecule has 2 heterocycles. The van der Waals surface area contributed by atoms with Gasteiger partial charge in [-0.2, -0.15) is 5.10 Å². The van der Waals surface area contributed by atoms with Crippen molar-refractivity contribution in [1.29, 1.82) is 0 Å². The lowest BCUT2D eigenvalue weighted by molar-refractivity contribution is 0.879. The Hall–Kier alpha value is -0.650. The van der Waals surface area contributed by atoms with Gasteiger partial charge in [-0.3, -0.25) is 0 Å². The number of halogens is 1. The molecule has 0 aliphatic carbocycles. The molecule has 2 aromatic rings. The number of imidazole rings is 1. The molecule has 2 rings (SSSR count). The minimum Gasteiger partial charge on any atom is -0.231 e. The zero-order valence-corrected chi connectivity index (χ0v) is 9.03. The third-order valence-electron chi connectivity index (χ3n) is 1.72. The van der Waals surface area contributed by atoms with Gasteiger partial charge in [0.25, 0.3) is 0 Å². The quantitative estimate of drug-likeness (QED) is 0.687. The molecule has 0 unspecified atom stereocenters. The van der Waals surface area contributed by atoms with Crippen LogP contribution in [-0.2, 0) is 0 Å². The van der Waals surface area contributed by atoms with Gasteiger partial charge < -0.3 is 0 Å². The second-order valence-corrected chi connectivity index (χ2v) is 3.75. The van der Waals surface area contributed by atoms with Gasteiger partial charge in [0.05, 0.1) is 11.4 Å². The van der Waals surface area contributed by atoms with Gasteiger partial charge >= 0.3 is 0 Å². The van der Waals surface area contributed by atoms with Crippen LogP contribution in [0.1, 0.15) is 11.4 Å². The van der Waals surface area contributed by atoms with E-state index in [4.69, 9.17) is 0 Å². The lowest BCUT2D eigenvalue weighted by atomic mass is 10.4. The molecular weight excluding hydrogens is 265 g/mol. The van der Waals surface area contributed by atoms with E-state index in [1.807, 2.05) is 30.5 Å². The predicted octanol–water partition coefficient (Wildman–Crippen LogP) is 1.95. The number of rotatable bonds is 0. The second-order valence-electron chi connectivity index (χ2n) is 2.73. The molecule has 0 N–H and O–H groups in total. The fourth-order valence-electron chi connectivity index (χ4n) is 1.11. The lowest BCUT2D eigenvalue weighted by Gasteiger charge is -1.94. The summed E-state index contributed by atoms with van der Waals surface area (Å²) in [6, 6.07) is 3.95. The highest BCUT2D eigenvalue weighted by molar-refractivity contribution is 14.1. The lowest BCUT2D eigenvalue weighted by Crippen LogP contribution is -1.95. The van der Waals surface area contributed by atoms with E-state index >= 15 is 0 Å². The van der Waals surface area contributed by atoms with Gasteiger partial charge in [0, 0.05) is 0 Å². The summed E-state index contributed by atoms with van der Waals surface area (Å²) in [4.78, 5) is 4.35. The van der Waals surface area contributed by atoms with Crippen molar-refractivity contribution in [3.8, 4) is 0 Å². The van der Waals surface area contributed by atoms with Crippen LogP contribution in [0.5, 0.6) is 0 Å². The minimum atomic E-state index is 0.919. The summed E-state index contributed by atoms with van der Waals surface area (Å²) in [6.07, 6.45) is 0. The molecule has 0 atom stereocenters. The largest absolute Gasteiger partial charge is 0.231 e. The topological polar surface area (TPSA) is 30.2 Å². The van der Waals surface area contributed by atoms with Crippen LogP contribution in [-0.4, -0.2) is 14.6 Å². The van der Waals surface area contributed by atoms with Crippen molar-refractivity contribution in [2.45, 2.75) is 13.8 Å². The normalized spacial score (nSPS) is 10.9. The summed E-state index contributed by atoms with van der Waals surface area (Å²) < 4.78 is 2.96. The third kappa shape index (κ3) is 1.10. The molecule has 0 radical (unpaired) electrons. The third-order valence-corrected chi connectivity index (χ3v) is 2.95. The van der Waals surface area contributed by atoms with Gasteiger partial charge in [0.15, 0.2) is 5.65 Å². The average molecular weight is 273 g/mol. The van der Waals surface area contributed by atoms with Crippen LogP contribution in [0.2, 0.25) is 0 Å². The fourth-order valence-corrected chi connectivity index (χ4v) is 1.58. The van der Waals surface area contributed by atoms with E-state index in [9.17, 15) is 0 Å². The molecule has 2 aromatic heterocycles. The van der Waals surface area contributed by atoms with Gasteiger partial charge in [0.2, 0.25) is 0 Å². The first-order chi connectivity index (χ1) is 5.68. The maximum absolute atomic E-state index is 4.35. The van der Waals surface area contributed by atoms with Crippen molar-refractivity contribution in [2.24, 2.45) is 0 Å². The van der Waals surface area contributed by atoms with Crippen molar-refractivity contribution in [3.05, 3.63) is 27.2 Å². The highest BCUT2D eigenvalue weighted by Gasteiger charge is 2.05. The molecule has 0 amide bonds. The Morgan fingerprint density at radius 2 is 2.08 bits per heavy atom. The molecular formula is C8H8IN3. The van der Waals surface area contributed by atoms with Crippen LogP contribution in [0.25, 0.3) is 5.65 Å². The van der Waals surface area contributed by atoms with Gasteiger partial charge in [0.1, 0.15) is 3.70 Å². The van der Waals surface area contributed by atoms with Crippen LogP contribution in [0.15, 0.2) is 12.1 Å². The van der Waals surface area contributed by atoms with Crippen LogP contribution >= 0.6 is 22.6 Å². The van der Waals surface area contributed by atoms with Crippen molar-refractivity contribution in [1.82, 2.24) is 14.6 Å². The molecule has 0 bridgehead atoms. The van der Waals surface area contributed by atoms with Crippen LogP contribution in [0, 0.1) is 17.5 Å².